The van der Waals surface area contributed by atoms with Crippen molar-refractivity contribution in [2.24, 2.45) is 11.8 Å². The average molecular weight is 394 g/mol. The van der Waals surface area contributed by atoms with Gasteiger partial charge >= 0.3 is 0 Å². The van der Waals surface area contributed by atoms with Gasteiger partial charge in [0.1, 0.15) is 5.82 Å². The third-order valence-corrected chi connectivity index (χ3v) is 5.41. The van der Waals surface area contributed by atoms with E-state index in [2.05, 4.69) is 40.1 Å². The molecule has 29 heavy (non-hydrogen) atoms. The molecule has 2 N–H and O–H groups in total. The van der Waals surface area contributed by atoms with Crippen LogP contribution < -0.4 is 5.32 Å². The van der Waals surface area contributed by atoms with Crippen LogP contribution in [0.5, 0.6) is 0 Å². The number of imidazole rings is 1. The van der Waals surface area contributed by atoms with Gasteiger partial charge in [0.15, 0.2) is 0 Å². The smallest absolute Gasteiger partial charge is 0.224 e. The number of hydrogen-bond acceptors (Lipinski definition) is 4. The van der Waals surface area contributed by atoms with E-state index in [-0.39, 0.29) is 17.9 Å². The third kappa shape index (κ3) is 6.43. The number of benzene rings is 1. The molecule has 1 aliphatic heterocycles. The predicted octanol–water partition coefficient (Wildman–Crippen LogP) is 2.92. The van der Waals surface area contributed by atoms with Gasteiger partial charge in [0, 0.05) is 37.9 Å². The number of piperidine rings is 1. The number of rotatable bonds is 8. The fourth-order valence-electron chi connectivity index (χ4n) is 4.09. The predicted molar refractivity (Wildman–Crippen MR) is 113 cm³/mol. The number of amides is 1. The summed E-state index contributed by atoms with van der Waals surface area (Å²) in [5, 5.41) is 12.3. The van der Waals surface area contributed by atoms with Crippen LogP contribution in [-0.4, -0.2) is 46.5 Å². The van der Waals surface area contributed by atoms with Crippen molar-refractivity contribution in [3.63, 3.8) is 0 Å². The summed E-state index contributed by atoms with van der Waals surface area (Å²) in [7, 11) is 0. The van der Waals surface area contributed by atoms with E-state index in [1.165, 1.54) is 0 Å². The first-order valence-electron chi connectivity index (χ1n) is 10.5. The first-order valence-corrected chi connectivity index (χ1v) is 10.5. The monoisotopic (exact) mass is 393 g/mol. The summed E-state index contributed by atoms with van der Waals surface area (Å²) in [5.41, 5.74) is 1.75. The molecular formula is C23H31N5O. The van der Waals surface area contributed by atoms with E-state index >= 15 is 0 Å². The summed E-state index contributed by atoms with van der Waals surface area (Å²) in [6.07, 6.45) is 6.93. The molecule has 0 saturated carbocycles. The third-order valence-electron chi connectivity index (χ3n) is 5.41. The number of carbonyl (C=O) groups excluding carboxylic acids is 1. The summed E-state index contributed by atoms with van der Waals surface area (Å²) in [6.45, 7) is 7.42. The molecule has 2 atom stereocenters. The van der Waals surface area contributed by atoms with Gasteiger partial charge in [0.25, 0.3) is 0 Å². The van der Waals surface area contributed by atoms with Crippen molar-refractivity contribution in [2.75, 3.05) is 19.6 Å². The minimum Gasteiger partial charge on any atom is -0.352 e. The van der Waals surface area contributed by atoms with E-state index in [4.69, 9.17) is 5.26 Å². The Morgan fingerprint density at radius 1 is 1.34 bits per heavy atom. The van der Waals surface area contributed by atoms with E-state index in [0.717, 1.165) is 43.9 Å². The Balaban J connectivity index is 1.65. The number of hydrogen-bond donors (Lipinski definition) is 2. The van der Waals surface area contributed by atoms with Crippen molar-refractivity contribution in [3.8, 4) is 6.07 Å². The number of aromatic nitrogens is 2. The Labute approximate surface area is 173 Å². The molecule has 1 aromatic carbocycles. The highest BCUT2D eigenvalue weighted by Crippen LogP contribution is 2.19. The molecule has 1 fully saturated rings. The van der Waals surface area contributed by atoms with Crippen molar-refractivity contribution < 1.29 is 4.79 Å². The number of H-pyrrole nitrogens is 1. The number of aromatic amines is 1. The second-order valence-electron chi connectivity index (χ2n) is 8.45. The summed E-state index contributed by atoms with van der Waals surface area (Å²) in [5.74, 6) is 1.67. The number of likely N-dealkylation sites (tertiary alicyclic amines) is 1. The molecule has 0 radical (unpaired) electrons. The molecule has 2 heterocycles. The standard InChI is InChI=1S/C23H31N5O/c1-17(2)15-28-11-3-4-20(16-28)23(29)27-21(13-22-25-9-10-26-22)12-18-5-7-19(14-24)8-6-18/h5-10,17,20-21H,3-4,11-13,15-16H2,1-2H3,(H,25,26)(H,27,29)/t20-,21?/m0/s1. The van der Waals surface area contributed by atoms with Crippen molar-refractivity contribution in [1.82, 2.24) is 20.2 Å². The summed E-state index contributed by atoms with van der Waals surface area (Å²) >= 11 is 0. The molecule has 1 amide bonds. The molecule has 154 valence electrons. The maximum absolute atomic E-state index is 13.0. The summed E-state index contributed by atoms with van der Waals surface area (Å²) in [4.78, 5) is 22.9. The van der Waals surface area contributed by atoms with Crippen molar-refractivity contribution in [2.45, 2.75) is 45.6 Å². The molecular weight excluding hydrogens is 362 g/mol. The van der Waals surface area contributed by atoms with Crippen molar-refractivity contribution >= 4 is 5.91 Å². The van der Waals surface area contributed by atoms with Gasteiger partial charge in [0.2, 0.25) is 5.91 Å². The molecule has 6 nitrogen and oxygen atoms in total. The zero-order chi connectivity index (χ0) is 20.6. The first kappa shape index (κ1) is 21.1. The normalized spacial score (nSPS) is 18.3. The maximum atomic E-state index is 13.0. The lowest BCUT2D eigenvalue weighted by Crippen LogP contribution is -2.47. The molecule has 0 bridgehead atoms. The highest BCUT2D eigenvalue weighted by molar-refractivity contribution is 5.79. The van der Waals surface area contributed by atoms with Crippen LogP contribution in [-0.2, 0) is 17.6 Å². The molecule has 0 aliphatic carbocycles. The lowest BCUT2D eigenvalue weighted by atomic mass is 9.95. The fourth-order valence-corrected chi connectivity index (χ4v) is 4.09. The quantitative estimate of drug-likeness (QED) is 0.722. The van der Waals surface area contributed by atoms with E-state index in [9.17, 15) is 4.79 Å². The van der Waals surface area contributed by atoms with Crippen LogP contribution >= 0.6 is 0 Å². The number of nitriles is 1. The van der Waals surface area contributed by atoms with Gasteiger partial charge in [0.05, 0.1) is 17.6 Å². The fraction of sp³-hybridized carbons (Fsp3) is 0.522. The van der Waals surface area contributed by atoms with Gasteiger partial charge in [-0.3, -0.25) is 4.79 Å². The molecule has 1 aliphatic rings. The van der Waals surface area contributed by atoms with Crippen LogP contribution in [0, 0.1) is 23.2 Å². The average Bonchev–Trinajstić information content (AvgIpc) is 3.21. The van der Waals surface area contributed by atoms with Gasteiger partial charge in [-0.2, -0.15) is 5.26 Å². The Morgan fingerprint density at radius 2 is 2.14 bits per heavy atom. The SMILES string of the molecule is CC(C)CN1CCC[C@H](C(=O)NC(Cc2ccc(C#N)cc2)Cc2ncc[nH]2)C1. The van der Waals surface area contributed by atoms with Crippen LogP contribution in [0.4, 0.5) is 0 Å². The van der Waals surface area contributed by atoms with Crippen LogP contribution in [0.15, 0.2) is 36.7 Å². The molecule has 3 rings (SSSR count). The second kappa shape index (κ2) is 10.2. The van der Waals surface area contributed by atoms with Crippen LogP contribution in [0.25, 0.3) is 0 Å². The molecule has 1 aromatic heterocycles. The van der Waals surface area contributed by atoms with E-state index < -0.39 is 0 Å². The van der Waals surface area contributed by atoms with Gasteiger partial charge in [-0.05, 0) is 49.4 Å². The zero-order valence-corrected chi connectivity index (χ0v) is 17.4. The highest BCUT2D eigenvalue weighted by atomic mass is 16.2. The molecule has 1 unspecified atom stereocenters. The summed E-state index contributed by atoms with van der Waals surface area (Å²) < 4.78 is 0. The van der Waals surface area contributed by atoms with E-state index in [1.807, 2.05) is 24.3 Å². The second-order valence-corrected chi connectivity index (χ2v) is 8.45. The number of nitrogens with zero attached hydrogens (tertiary/aromatic N) is 3. The van der Waals surface area contributed by atoms with E-state index in [0.29, 0.717) is 24.3 Å². The van der Waals surface area contributed by atoms with Crippen LogP contribution in [0.3, 0.4) is 0 Å². The van der Waals surface area contributed by atoms with Gasteiger partial charge in [-0.1, -0.05) is 26.0 Å². The van der Waals surface area contributed by atoms with E-state index in [1.54, 1.807) is 12.4 Å². The van der Waals surface area contributed by atoms with Crippen molar-refractivity contribution in [1.29, 1.82) is 5.26 Å². The lowest BCUT2D eigenvalue weighted by Gasteiger charge is -2.33. The zero-order valence-electron chi connectivity index (χ0n) is 17.4. The Hall–Kier alpha value is -2.65. The van der Waals surface area contributed by atoms with Gasteiger partial charge < -0.3 is 15.2 Å². The number of nitrogens with one attached hydrogen (secondary N) is 2. The van der Waals surface area contributed by atoms with Gasteiger partial charge in [-0.15, -0.1) is 0 Å². The largest absolute Gasteiger partial charge is 0.352 e. The lowest BCUT2D eigenvalue weighted by molar-refractivity contribution is -0.127. The Kier molecular flexibility index (Phi) is 7.42. The van der Waals surface area contributed by atoms with Crippen LogP contribution in [0.1, 0.15) is 43.6 Å². The Bertz CT molecular complexity index is 807. The summed E-state index contributed by atoms with van der Waals surface area (Å²) in [6, 6.07) is 9.68. The van der Waals surface area contributed by atoms with Crippen molar-refractivity contribution in [3.05, 3.63) is 53.6 Å². The topological polar surface area (TPSA) is 84.8 Å². The molecule has 0 spiro atoms. The maximum Gasteiger partial charge on any atom is 0.224 e. The molecule has 2 aromatic rings. The molecule has 1 saturated heterocycles. The van der Waals surface area contributed by atoms with Crippen LogP contribution in [0.2, 0.25) is 0 Å². The van der Waals surface area contributed by atoms with Gasteiger partial charge in [-0.25, -0.2) is 4.98 Å². The minimum absolute atomic E-state index is 0.0398. The highest BCUT2D eigenvalue weighted by Gasteiger charge is 2.27. The number of carbonyl (C=O) groups is 1. The molecule has 6 heteroatoms. The minimum atomic E-state index is -0.0398. The Morgan fingerprint density at radius 3 is 2.79 bits per heavy atom. The first-order chi connectivity index (χ1) is 14.0.